The first-order chi connectivity index (χ1) is 13.7. The van der Waals surface area contributed by atoms with Crippen LogP contribution in [0.3, 0.4) is 0 Å². The number of aliphatic hydroxyl groups is 1. The van der Waals surface area contributed by atoms with Crippen LogP contribution < -0.4 is 10.6 Å². The summed E-state index contributed by atoms with van der Waals surface area (Å²) in [5.74, 6) is 1.53. The standard InChI is InChI=1S/C20H30N6O2/c1-15(2)18(14-27)24-20-23-17(16-3-5-21-6-4-16)13-19(25-20)22-7-8-26-9-11-28-12-10-26/h3-6,13,15,18,27H,7-12,14H2,1-2H3,(H2,22,23,24,25)/t18-/m1/s1. The van der Waals surface area contributed by atoms with Gasteiger partial charge >= 0.3 is 0 Å². The van der Waals surface area contributed by atoms with Crippen LogP contribution in [-0.2, 0) is 4.74 Å². The van der Waals surface area contributed by atoms with Crippen LogP contribution in [-0.4, -0.2) is 77.0 Å². The van der Waals surface area contributed by atoms with E-state index in [1.165, 1.54) is 0 Å². The van der Waals surface area contributed by atoms with Crippen molar-refractivity contribution in [2.45, 2.75) is 19.9 Å². The van der Waals surface area contributed by atoms with Crippen molar-refractivity contribution in [2.75, 3.05) is 56.6 Å². The van der Waals surface area contributed by atoms with E-state index in [1.54, 1.807) is 12.4 Å². The van der Waals surface area contributed by atoms with Gasteiger partial charge in [0.1, 0.15) is 5.82 Å². The molecule has 3 rings (SSSR count). The van der Waals surface area contributed by atoms with Crippen LogP contribution >= 0.6 is 0 Å². The molecule has 1 saturated heterocycles. The lowest BCUT2D eigenvalue weighted by Crippen LogP contribution is -2.39. The highest BCUT2D eigenvalue weighted by Crippen LogP contribution is 2.21. The number of morpholine rings is 1. The smallest absolute Gasteiger partial charge is 0.225 e. The van der Waals surface area contributed by atoms with Gasteiger partial charge in [-0.05, 0) is 18.1 Å². The number of rotatable bonds is 9. The summed E-state index contributed by atoms with van der Waals surface area (Å²) in [5.41, 5.74) is 1.79. The fraction of sp³-hybridized carbons (Fsp3) is 0.550. The van der Waals surface area contributed by atoms with Crippen LogP contribution in [0.25, 0.3) is 11.3 Å². The Morgan fingerprint density at radius 2 is 1.93 bits per heavy atom. The summed E-state index contributed by atoms with van der Waals surface area (Å²) in [5, 5.41) is 16.3. The molecule has 152 valence electrons. The molecule has 3 heterocycles. The van der Waals surface area contributed by atoms with Gasteiger partial charge in [-0.2, -0.15) is 4.98 Å². The molecule has 8 heteroatoms. The molecule has 0 saturated carbocycles. The van der Waals surface area contributed by atoms with E-state index in [-0.39, 0.29) is 18.6 Å². The summed E-state index contributed by atoms with van der Waals surface area (Å²) in [4.78, 5) is 15.7. The number of anilines is 2. The van der Waals surface area contributed by atoms with Crippen molar-refractivity contribution in [2.24, 2.45) is 5.92 Å². The number of pyridine rings is 1. The Kier molecular flexibility index (Phi) is 7.53. The van der Waals surface area contributed by atoms with Gasteiger partial charge in [0.15, 0.2) is 0 Å². The molecule has 2 aromatic rings. The van der Waals surface area contributed by atoms with Crippen LogP contribution in [0.1, 0.15) is 13.8 Å². The average molecular weight is 387 g/mol. The van der Waals surface area contributed by atoms with E-state index >= 15 is 0 Å². The number of nitrogens with one attached hydrogen (secondary N) is 2. The van der Waals surface area contributed by atoms with Crippen LogP contribution in [0.4, 0.5) is 11.8 Å². The van der Waals surface area contributed by atoms with Crippen molar-refractivity contribution in [3.05, 3.63) is 30.6 Å². The van der Waals surface area contributed by atoms with E-state index in [2.05, 4.69) is 44.3 Å². The third kappa shape index (κ3) is 5.85. The largest absolute Gasteiger partial charge is 0.394 e. The van der Waals surface area contributed by atoms with Gasteiger partial charge in [0.05, 0.1) is 31.6 Å². The maximum absolute atomic E-state index is 9.64. The maximum Gasteiger partial charge on any atom is 0.225 e. The summed E-state index contributed by atoms with van der Waals surface area (Å²) in [7, 11) is 0. The third-order valence-electron chi connectivity index (χ3n) is 4.86. The van der Waals surface area contributed by atoms with Crippen LogP contribution in [0.15, 0.2) is 30.6 Å². The highest BCUT2D eigenvalue weighted by molar-refractivity contribution is 5.64. The van der Waals surface area contributed by atoms with Crippen molar-refractivity contribution in [1.29, 1.82) is 0 Å². The van der Waals surface area contributed by atoms with Crippen LogP contribution in [0, 0.1) is 5.92 Å². The Labute approximate surface area is 166 Å². The van der Waals surface area contributed by atoms with E-state index in [0.29, 0.717) is 5.95 Å². The molecule has 2 aromatic heterocycles. The number of aliphatic hydroxyl groups excluding tert-OH is 1. The Morgan fingerprint density at radius 1 is 1.18 bits per heavy atom. The zero-order chi connectivity index (χ0) is 19.8. The topological polar surface area (TPSA) is 95.4 Å². The minimum absolute atomic E-state index is 0.0281. The molecule has 0 radical (unpaired) electrons. The quantitative estimate of drug-likeness (QED) is 0.600. The molecule has 0 aromatic carbocycles. The van der Waals surface area contributed by atoms with E-state index in [1.807, 2.05) is 18.2 Å². The molecule has 3 N–H and O–H groups in total. The van der Waals surface area contributed by atoms with Gasteiger partial charge < -0.3 is 20.5 Å². The molecule has 1 aliphatic rings. The SMILES string of the molecule is CC(C)[C@@H](CO)Nc1nc(NCCN2CCOCC2)cc(-c2ccncc2)n1. The number of ether oxygens (including phenoxy) is 1. The van der Waals surface area contributed by atoms with Gasteiger partial charge in [-0.25, -0.2) is 4.98 Å². The molecule has 1 aliphatic heterocycles. The molecule has 0 spiro atoms. The molecular weight excluding hydrogens is 356 g/mol. The van der Waals surface area contributed by atoms with E-state index in [4.69, 9.17) is 4.74 Å². The molecule has 1 fully saturated rings. The lowest BCUT2D eigenvalue weighted by molar-refractivity contribution is 0.0398. The Balaban J connectivity index is 1.74. The van der Waals surface area contributed by atoms with Crippen molar-refractivity contribution >= 4 is 11.8 Å². The normalized spacial score (nSPS) is 16.1. The van der Waals surface area contributed by atoms with Gasteiger partial charge in [0.2, 0.25) is 5.95 Å². The molecule has 0 bridgehead atoms. The van der Waals surface area contributed by atoms with Gasteiger partial charge in [-0.15, -0.1) is 0 Å². The monoisotopic (exact) mass is 386 g/mol. The Morgan fingerprint density at radius 3 is 2.61 bits per heavy atom. The summed E-state index contributed by atoms with van der Waals surface area (Å²) in [6.07, 6.45) is 3.50. The van der Waals surface area contributed by atoms with Crippen LogP contribution in [0.5, 0.6) is 0 Å². The second-order valence-corrected chi connectivity index (χ2v) is 7.26. The molecule has 1 atom stereocenters. The average Bonchev–Trinajstić information content (AvgIpc) is 2.73. The lowest BCUT2D eigenvalue weighted by atomic mass is 10.1. The zero-order valence-electron chi connectivity index (χ0n) is 16.6. The Hall–Kier alpha value is -2.29. The fourth-order valence-electron chi connectivity index (χ4n) is 3.03. The van der Waals surface area contributed by atoms with E-state index < -0.39 is 0 Å². The molecular formula is C20H30N6O2. The third-order valence-corrected chi connectivity index (χ3v) is 4.86. The van der Waals surface area contributed by atoms with Crippen molar-refractivity contribution in [1.82, 2.24) is 19.9 Å². The van der Waals surface area contributed by atoms with Gasteiger partial charge in [-0.1, -0.05) is 13.8 Å². The number of hydrogen-bond donors (Lipinski definition) is 3. The molecule has 8 nitrogen and oxygen atoms in total. The van der Waals surface area contributed by atoms with Crippen molar-refractivity contribution in [3.8, 4) is 11.3 Å². The lowest BCUT2D eigenvalue weighted by Gasteiger charge is -2.26. The minimum atomic E-state index is -0.103. The van der Waals surface area contributed by atoms with Crippen molar-refractivity contribution in [3.63, 3.8) is 0 Å². The maximum atomic E-state index is 9.64. The first kappa shape index (κ1) is 20.4. The number of nitrogens with zero attached hydrogens (tertiary/aromatic N) is 4. The fourth-order valence-corrected chi connectivity index (χ4v) is 3.03. The van der Waals surface area contributed by atoms with Crippen molar-refractivity contribution < 1.29 is 9.84 Å². The minimum Gasteiger partial charge on any atom is -0.394 e. The molecule has 0 amide bonds. The zero-order valence-corrected chi connectivity index (χ0v) is 16.6. The summed E-state index contributed by atoms with van der Waals surface area (Å²) in [6.45, 7) is 9.40. The molecule has 28 heavy (non-hydrogen) atoms. The molecule has 0 unspecified atom stereocenters. The first-order valence-corrected chi connectivity index (χ1v) is 9.86. The molecule has 0 aliphatic carbocycles. The summed E-state index contributed by atoms with van der Waals surface area (Å²) < 4.78 is 5.40. The highest BCUT2D eigenvalue weighted by atomic mass is 16.5. The number of aromatic nitrogens is 3. The van der Waals surface area contributed by atoms with E-state index in [9.17, 15) is 5.11 Å². The number of hydrogen-bond acceptors (Lipinski definition) is 8. The summed E-state index contributed by atoms with van der Waals surface area (Å²) >= 11 is 0. The van der Waals surface area contributed by atoms with Gasteiger partial charge in [-0.3, -0.25) is 9.88 Å². The van der Waals surface area contributed by atoms with E-state index in [0.717, 1.165) is 56.5 Å². The Bertz CT molecular complexity index is 722. The highest BCUT2D eigenvalue weighted by Gasteiger charge is 2.15. The predicted octanol–water partition coefficient (Wildman–Crippen LogP) is 1.71. The van der Waals surface area contributed by atoms with Gasteiger partial charge in [0.25, 0.3) is 0 Å². The van der Waals surface area contributed by atoms with Gasteiger partial charge in [0, 0.05) is 50.2 Å². The second-order valence-electron chi connectivity index (χ2n) is 7.26. The van der Waals surface area contributed by atoms with Crippen LogP contribution in [0.2, 0.25) is 0 Å². The first-order valence-electron chi connectivity index (χ1n) is 9.86. The summed E-state index contributed by atoms with van der Waals surface area (Å²) in [6, 6.07) is 5.70. The second kappa shape index (κ2) is 10.3. The predicted molar refractivity (Wildman–Crippen MR) is 110 cm³/mol.